The monoisotopic (exact) mass is 384 g/mol. The molecule has 0 radical (unpaired) electrons. The van der Waals surface area contributed by atoms with E-state index in [-0.39, 0.29) is 18.4 Å². The zero-order valence-corrected chi connectivity index (χ0v) is 16.6. The Kier molecular flexibility index (Phi) is 7.85. The first-order valence-corrected chi connectivity index (χ1v) is 9.60. The zero-order chi connectivity index (χ0) is 19.9. The van der Waals surface area contributed by atoms with Crippen molar-refractivity contribution in [1.29, 1.82) is 0 Å². The van der Waals surface area contributed by atoms with Crippen molar-refractivity contribution in [2.75, 3.05) is 52.5 Å². The van der Waals surface area contributed by atoms with Gasteiger partial charge in [0.05, 0.1) is 19.8 Å². The Bertz CT molecular complexity index is 528. The van der Waals surface area contributed by atoms with Crippen LogP contribution in [0, 0.1) is 0 Å². The molecule has 0 aromatic heterocycles. The molecule has 0 aromatic carbocycles. The van der Waals surface area contributed by atoms with Crippen LogP contribution in [-0.4, -0.2) is 91.8 Å². The van der Waals surface area contributed by atoms with Gasteiger partial charge in [0.25, 0.3) is 0 Å². The van der Waals surface area contributed by atoms with Crippen LogP contribution in [0.4, 0.5) is 4.79 Å². The maximum Gasteiger partial charge on any atom is 0.410 e. The van der Waals surface area contributed by atoms with E-state index in [9.17, 15) is 14.4 Å². The molecule has 0 aliphatic carbocycles. The van der Waals surface area contributed by atoms with E-state index in [1.54, 1.807) is 20.8 Å². The Balaban J connectivity index is 1.69. The fourth-order valence-electron chi connectivity index (χ4n) is 3.10. The van der Waals surface area contributed by atoms with Crippen LogP contribution in [0.15, 0.2) is 0 Å². The smallest absolute Gasteiger partial charge is 0.410 e. The van der Waals surface area contributed by atoms with E-state index < -0.39 is 17.7 Å². The van der Waals surface area contributed by atoms with Crippen molar-refractivity contribution in [3.8, 4) is 0 Å². The van der Waals surface area contributed by atoms with Gasteiger partial charge in [-0.25, -0.2) is 4.79 Å². The SMILES string of the molecule is CC(C)(C)OC(=O)N1CCCC1C(=O)NCC(=O)NCCN1CCOCC1. The van der Waals surface area contributed by atoms with Crippen LogP contribution in [0.2, 0.25) is 0 Å². The van der Waals surface area contributed by atoms with Gasteiger partial charge in [-0.05, 0) is 33.6 Å². The second-order valence-electron chi connectivity index (χ2n) is 7.85. The maximum absolute atomic E-state index is 12.4. The molecule has 154 valence electrons. The molecule has 2 fully saturated rings. The molecule has 2 heterocycles. The van der Waals surface area contributed by atoms with E-state index in [2.05, 4.69) is 15.5 Å². The summed E-state index contributed by atoms with van der Waals surface area (Å²) >= 11 is 0. The first-order valence-electron chi connectivity index (χ1n) is 9.60. The molecule has 0 aromatic rings. The molecule has 2 rings (SSSR count). The van der Waals surface area contributed by atoms with Crippen molar-refractivity contribution in [3.05, 3.63) is 0 Å². The summed E-state index contributed by atoms with van der Waals surface area (Å²) in [5.41, 5.74) is -0.610. The number of carbonyl (C=O) groups excluding carboxylic acids is 3. The lowest BCUT2D eigenvalue weighted by molar-refractivity contribution is -0.128. The molecule has 9 nitrogen and oxygen atoms in total. The van der Waals surface area contributed by atoms with E-state index >= 15 is 0 Å². The number of carbonyl (C=O) groups is 3. The van der Waals surface area contributed by atoms with Crippen LogP contribution >= 0.6 is 0 Å². The molecular formula is C18H32N4O5. The molecule has 9 heteroatoms. The minimum absolute atomic E-state index is 0.0966. The Hall–Kier alpha value is -1.87. The van der Waals surface area contributed by atoms with Crippen molar-refractivity contribution < 1.29 is 23.9 Å². The number of ether oxygens (including phenoxy) is 2. The molecule has 1 atom stereocenters. The molecule has 0 bridgehead atoms. The minimum Gasteiger partial charge on any atom is -0.444 e. The maximum atomic E-state index is 12.4. The Morgan fingerprint density at radius 1 is 1.11 bits per heavy atom. The Morgan fingerprint density at radius 3 is 2.48 bits per heavy atom. The van der Waals surface area contributed by atoms with Gasteiger partial charge in [-0.3, -0.25) is 19.4 Å². The predicted molar refractivity (Wildman–Crippen MR) is 99.2 cm³/mol. The summed E-state index contributed by atoms with van der Waals surface area (Å²) in [4.78, 5) is 40.2. The third-order valence-corrected chi connectivity index (χ3v) is 4.46. The van der Waals surface area contributed by atoms with Gasteiger partial charge < -0.3 is 20.1 Å². The average Bonchev–Trinajstić information content (AvgIpc) is 3.09. The van der Waals surface area contributed by atoms with Crippen LogP contribution in [0.3, 0.4) is 0 Å². The van der Waals surface area contributed by atoms with Gasteiger partial charge >= 0.3 is 6.09 Å². The van der Waals surface area contributed by atoms with Gasteiger partial charge in [-0.2, -0.15) is 0 Å². The summed E-state index contributed by atoms with van der Waals surface area (Å²) < 4.78 is 10.6. The van der Waals surface area contributed by atoms with Crippen LogP contribution in [0.5, 0.6) is 0 Å². The average molecular weight is 384 g/mol. The van der Waals surface area contributed by atoms with Crippen molar-refractivity contribution in [3.63, 3.8) is 0 Å². The highest BCUT2D eigenvalue weighted by molar-refractivity contribution is 5.89. The van der Waals surface area contributed by atoms with E-state index in [0.29, 0.717) is 19.5 Å². The van der Waals surface area contributed by atoms with Crippen LogP contribution in [-0.2, 0) is 19.1 Å². The second-order valence-corrected chi connectivity index (χ2v) is 7.85. The molecule has 1 unspecified atom stereocenters. The molecule has 0 spiro atoms. The third-order valence-electron chi connectivity index (χ3n) is 4.46. The van der Waals surface area contributed by atoms with Gasteiger partial charge in [0.2, 0.25) is 11.8 Å². The Labute approximate surface area is 160 Å². The highest BCUT2D eigenvalue weighted by Crippen LogP contribution is 2.20. The summed E-state index contributed by atoms with van der Waals surface area (Å²) in [6.07, 6.45) is 0.822. The quantitative estimate of drug-likeness (QED) is 0.666. The van der Waals surface area contributed by atoms with Gasteiger partial charge in [0.15, 0.2) is 0 Å². The highest BCUT2D eigenvalue weighted by atomic mass is 16.6. The fraction of sp³-hybridized carbons (Fsp3) is 0.833. The standard InChI is InChI=1S/C18H32N4O5/c1-18(2,3)27-17(25)22-7-4-5-14(22)16(24)20-13-15(23)19-6-8-21-9-11-26-12-10-21/h14H,4-13H2,1-3H3,(H,19,23)(H,20,24). The van der Waals surface area contributed by atoms with Crippen LogP contribution in [0.1, 0.15) is 33.6 Å². The minimum atomic E-state index is -0.610. The number of nitrogens with one attached hydrogen (secondary N) is 2. The van der Waals surface area contributed by atoms with Crippen molar-refractivity contribution in [2.45, 2.75) is 45.3 Å². The van der Waals surface area contributed by atoms with Gasteiger partial charge in [0.1, 0.15) is 11.6 Å². The number of hydrogen-bond donors (Lipinski definition) is 2. The molecule has 0 saturated carbocycles. The molecular weight excluding hydrogens is 352 g/mol. The third kappa shape index (κ3) is 7.34. The predicted octanol–water partition coefficient (Wildman–Crippen LogP) is -0.0495. The second kappa shape index (κ2) is 9.89. The summed E-state index contributed by atoms with van der Waals surface area (Å²) in [5, 5.41) is 5.43. The number of nitrogens with zero attached hydrogens (tertiary/aromatic N) is 2. The molecule has 2 aliphatic heterocycles. The van der Waals surface area contributed by atoms with Crippen LogP contribution < -0.4 is 10.6 Å². The lowest BCUT2D eigenvalue weighted by atomic mass is 10.2. The zero-order valence-electron chi connectivity index (χ0n) is 16.6. The van der Waals surface area contributed by atoms with Crippen molar-refractivity contribution >= 4 is 17.9 Å². The molecule has 2 N–H and O–H groups in total. The van der Waals surface area contributed by atoms with Gasteiger partial charge in [0, 0.05) is 32.7 Å². The van der Waals surface area contributed by atoms with Gasteiger partial charge in [-0.1, -0.05) is 0 Å². The molecule has 3 amide bonds. The summed E-state index contributed by atoms with van der Waals surface area (Å²) in [7, 11) is 0. The normalized spacial score (nSPS) is 21.0. The molecule has 2 saturated heterocycles. The molecule has 27 heavy (non-hydrogen) atoms. The number of likely N-dealkylation sites (tertiary alicyclic amines) is 1. The van der Waals surface area contributed by atoms with Crippen molar-refractivity contribution in [2.24, 2.45) is 0 Å². The molecule has 2 aliphatic rings. The van der Waals surface area contributed by atoms with E-state index in [1.165, 1.54) is 4.90 Å². The lowest BCUT2D eigenvalue weighted by Gasteiger charge is -2.28. The fourth-order valence-corrected chi connectivity index (χ4v) is 3.10. The summed E-state index contributed by atoms with van der Waals surface area (Å²) in [6, 6.07) is -0.582. The first kappa shape index (κ1) is 21.4. The number of morpholine rings is 1. The number of hydrogen-bond acceptors (Lipinski definition) is 6. The first-order chi connectivity index (χ1) is 12.8. The largest absolute Gasteiger partial charge is 0.444 e. The number of amides is 3. The van der Waals surface area contributed by atoms with Crippen LogP contribution in [0.25, 0.3) is 0 Å². The summed E-state index contributed by atoms with van der Waals surface area (Å²) in [6.45, 7) is 10.2. The summed E-state index contributed by atoms with van der Waals surface area (Å²) in [5.74, 6) is -0.555. The van der Waals surface area contributed by atoms with Crippen molar-refractivity contribution in [1.82, 2.24) is 20.4 Å². The lowest BCUT2D eigenvalue weighted by Crippen LogP contribution is -2.49. The number of rotatable bonds is 6. The highest BCUT2D eigenvalue weighted by Gasteiger charge is 2.36. The van der Waals surface area contributed by atoms with E-state index in [1.807, 2.05) is 0 Å². The topological polar surface area (TPSA) is 100 Å². The van der Waals surface area contributed by atoms with Gasteiger partial charge in [-0.15, -0.1) is 0 Å². The van der Waals surface area contributed by atoms with E-state index in [0.717, 1.165) is 39.3 Å². The Morgan fingerprint density at radius 2 is 1.81 bits per heavy atom. The van der Waals surface area contributed by atoms with E-state index in [4.69, 9.17) is 9.47 Å².